The van der Waals surface area contributed by atoms with Gasteiger partial charge in [0.1, 0.15) is 0 Å². The quantitative estimate of drug-likeness (QED) is 0.791. The van der Waals surface area contributed by atoms with Crippen LogP contribution in [0.25, 0.3) is 0 Å². The summed E-state index contributed by atoms with van der Waals surface area (Å²) in [5.74, 6) is -0.789. The van der Waals surface area contributed by atoms with E-state index in [0.717, 1.165) is 19.3 Å². The van der Waals surface area contributed by atoms with E-state index >= 15 is 0 Å². The van der Waals surface area contributed by atoms with E-state index in [9.17, 15) is 9.59 Å². The highest BCUT2D eigenvalue weighted by Crippen LogP contribution is 2.34. The zero-order valence-electron chi connectivity index (χ0n) is 12.5. The molecule has 2 rings (SSSR count). The Kier molecular flexibility index (Phi) is 4.99. The molecule has 0 saturated carbocycles. The summed E-state index contributed by atoms with van der Waals surface area (Å²) in [6, 6.07) is 8.28. The average molecular weight is 289 g/mol. The second-order valence-electron chi connectivity index (χ2n) is 5.99. The van der Waals surface area contributed by atoms with Crippen LogP contribution in [-0.4, -0.2) is 17.0 Å². The first-order valence-corrected chi connectivity index (χ1v) is 7.62. The maximum atomic E-state index is 12.1. The number of aliphatic carboxylic acids is 1. The molecule has 1 aromatic rings. The number of carbonyl (C=O) groups excluding carboxylic acids is 1. The van der Waals surface area contributed by atoms with Gasteiger partial charge in [-0.3, -0.25) is 9.59 Å². The lowest BCUT2D eigenvalue weighted by atomic mass is 9.77. The van der Waals surface area contributed by atoms with Gasteiger partial charge in [0.2, 0.25) is 5.91 Å². The van der Waals surface area contributed by atoms with Crippen molar-refractivity contribution in [3.8, 4) is 0 Å². The number of rotatable bonds is 6. The standard InChI is InChI=1S/C17H23NO3/c1-17(18-15(19)10-4-5-11-16(20)21)12-6-8-13-7-2-3-9-14(13)17/h2-3,7,9H,4-6,8,10-12H2,1H3,(H,18,19)(H,20,21). The molecule has 21 heavy (non-hydrogen) atoms. The monoisotopic (exact) mass is 289 g/mol. The molecular formula is C17H23NO3. The highest BCUT2D eigenvalue weighted by molar-refractivity contribution is 5.77. The van der Waals surface area contributed by atoms with Crippen molar-refractivity contribution in [1.82, 2.24) is 5.32 Å². The lowest BCUT2D eigenvalue weighted by Gasteiger charge is -2.37. The van der Waals surface area contributed by atoms with Crippen molar-refractivity contribution in [3.05, 3.63) is 35.4 Å². The Bertz CT molecular complexity index is 527. The topological polar surface area (TPSA) is 66.4 Å². The van der Waals surface area contributed by atoms with Crippen LogP contribution in [0.2, 0.25) is 0 Å². The molecule has 0 aliphatic heterocycles. The minimum absolute atomic E-state index is 0.0135. The predicted molar refractivity (Wildman–Crippen MR) is 81.0 cm³/mol. The third-order valence-corrected chi connectivity index (χ3v) is 4.19. The van der Waals surface area contributed by atoms with Crippen LogP contribution in [0.5, 0.6) is 0 Å². The van der Waals surface area contributed by atoms with E-state index in [1.54, 1.807) is 0 Å². The molecule has 0 heterocycles. The van der Waals surface area contributed by atoms with Gasteiger partial charge in [-0.05, 0) is 50.2 Å². The third-order valence-electron chi connectivity index (χ3n) is 4.19. The van der Waals surface area contributed by atoms with Gasteiger partial charge in [-0.15, -0.1) is 0 Å². The zero-order chi connectivity index (χ0) is 15.3. The van der Waals surface area contributed by atoms with Gasteiger partial charge in [-0.1, -0.05) is 24.3 Å². The number of unbranched alkanes of at least 4 members (excludes halogenated alkanes) is 1. The summed E-state index contributed by atoms with van der Waals surface area (Å²) in [6.07, 6.45) is 4.79. The van der Waals surface area contributed by atoms with Gasteiger partial charge < -0.3 is 10.4 Å². The molecule has 0 spiro atoms. The van der Waals surface area contributed by atoms with Crippen LogP contribution in [-0.2, 0) is 21.5 Å². The fourth-order valence-corrected chi connectivity index (χ4v) is 3.11. The third kappa shape index (κ3) is 4.06. The van der Waals surface area contributed by atoms with Crippen LogP contribution in [0.1, 0.15) is 56.6 Å². The number of carboxylic acid groups (broad SMARTS) is 1. The first kappa shape index (κ1) is 15.5. The Morgan fingerprint density at radius 3 is 2.71 bits per heavy atom. The van der Waals surface area contributed by atoms with Gasteiger partial charge in [0.25, 0.3) is 0 Å². The average Bonchev–Trinajstić information content (AvgIpc) is 2.44. The van der Waals surface area contributed by atoms with Crippen molar-refractivity contribution >= 4 is 11.9 Å². The molecule has 114 valence electrons. The molecule has 1 aromatic carbocycles. The highest BCUT2D eigenvalue weighted by atomic mass is 16.4. The summed E-state index contributed by atoms with van der Waals surface area (Å²) < 4.78 is 0. The van der Waals surface area contributed by atoms with E-state index in [0.29, 0.717) is 19.3 Å². The van der Waals surface area contributed by atoms with E-state index in [4.69, 9.17) is 5.11 Å². The summed E-state index contributed by atoms with van der Waals surface area (Å²) in [5, 5.41) is 11.7. The van der Waals surface area contributed by atoms with Crippen LogP contribution in [0.15, 0.2) is 24.3 Å². The molecule has 4 heteroatoms. The molecule has 0 saturated heterocycles. The van der Waals surface area contributed by atoms with Crippen molar-refractivity contribution in [2.75, 3.05) is 0 Å². The molecule has 1 aliphatic rings. The number of carbonyl (C=O) groups is 2. The van der Waals surface area contributed by atoms with E-state index in [-0.39, 0.29) is 17.9 Å². The van der Waals surface area contributed by atoms with E-state index < -0.39 is 5.97 Å². The maximum absolute atomic E-state index is 12.1. The fourth-order valence-electron chi connectivity index (χ4n) is 3.11. The van der Waals surface area contributed by atoms with Gasteiger partial charge in [-0.25, -0.2) is 0 Å². The smallest absolute Gasteiger partial charge is 0.303 e. The number of aryl methyl sites for hydroxylation is 1. The molecule has 1 amide bonds. The number of fused-ring (bicyclic) bond motifs is 1. The maximum Gasteiger partial charge on any atom is 0.303 e. The Morgan fingerprint density at radius 2 is 1.95 bits per heavy atom. The molecular weight excluding hydrogens is 266 g/mol. The number of benzene rings is 1. The summed E-state index contributed by atoms with van der Waals surface area (Å²) in [7, 11) is 0. The van der Waals surface area contributed by atoms with Gasteiger partial charge in [0.05, 0.1) is 5.54 Å². The predicted octanol–water partition coefficient (Wildman–Crippen LogP) is 3.00. The Labute approximate surface area is 125 Å². The summed E-state index contributed by atoms with van der Waals surface area (Å²) in [6.45, 7) is 2.08. The first-order valence-electron chi connectivity index (χ1n) is 7.62. The minimum atomic E-state index is -0.802. The van der Waals surface area contributed by atoms with Crippen molar-refractivity contribution < 1.29 is 14.7 Å². The number of hydrogen-bond donors (Lipinski definition) is 2. The van der Waals surface area contributed by atoms with Crippen LogP contribution in [0, 0.1) is 0 Å². The first-order chi connectivity index (χ1) is 10.0. The van der Waals surface area contributed by atoms with Gasteiger partial charge in [0, 0.05) is 12.8 Å². The summed E-state index contributed by atoms with van der Waals surface area (Å²) in [5.41, 5.74) is 2.24. The molecule has 1 atom stereocenters. The van der Waals surface area contributed by atoms with Gasteiger partial charge in [0.15, 0.2) is 0 Å². The highest BCUT2D eigenvalue weighted by Gasteiger charge is 2.32. The SMILES string of the molecule is CC1(NC(=O)CCCCC(=O)O)CCCc2ccccc21. The van der Waals surface area contributed by atoms with Crippen LogP contribution < -0.4 is 5.32 Å². The summed E-state index contributed by atoms with van der Waals surface area (Å²) >= 11 is 0. The number of amides is 1. The molecule has 4 nitrogen and oxygen atoms in total. The minimum Gasteiger partial charge on any atom is -0.481 e. The van der Waals surface area contributed by atoms with Crippen LogP contribution >= 0.6 is 0 Å². The fraction of sp³-hybridized carbons (Fsp3) is 0.529. The molecule has 0 bridgehead atoms. The van der Waals surface area contributed by atoms with Gasteiger partial charge in [-0.2, -0.15) is 0 Å². The molecule has 0 fully saturated rings. The molecule has 1 unspecified atom stereocenters. The number of hydrogen-bond acceptors (Lipinski definition) is 2. The lowest BCUT2D eigenvalue weighted by molar-refractivity contribution is -0.137. The Balaban J connectivity index is 1.93. The van der Waals surface area contributed by atoms with Crippen molar-refractivity contribution in [3.63, 3.8) is 0 Å². The van der Waals surface area contributed by atoms with E-state index in [1.807, 2.05) is 12.1 Å². The van der Waals surface area contributed by atoms with Crippen molar-refractivity contribution in [2.45, 2.75) is 57.4 Å². The Morgan fingerprint density at radius 1 is 1.24 bits per heavy atom. The second kappa shape index (κ2) is 6.74. The Hall–Kier alpha value is -1.84. The van der Waals surface area contributed by atoms with Crippen molar-refractivity contribution in [1.29, 1.82) is 0 Å². The molecule has 0 aromatic heterocycles. The van der Waals surface area contributed by atoms with Crippen LogP contribution in [0.3, 0.4) is 0 Å². The van der Waals surface area contributed by atoms with Crippen molar-refractivity contribution in [2.24, 2.45) is 0 Å². The largest absolute Gasteiger partial charge is 0.481 e. The molecule has 1 aliphatic carbocycles. The second-order valence-corrected chi connectivity index (χ2v) is 5.99. The lowest BCUT2D eigenvalue weighted by Crippen LogP contribution is -2.45. The van der Waals surface area contributed by atoms with E-state index in [1.165, 1.54) is 11.1 Å². The zero-order valence-corrected chi connectivity index (χ0v) is 12.5. The summed E-state index contributed by atoms with van der Waals surface area (Å²) in [4.78, 5) is 22.6. The molecule has 0 radical (unpaired) electrons. The molecule has 2 N–H and O–H groups in total. The van der Waals surface area contributed by atoms with Crippen LogP contribution in [0.4, 0.5) is 0 Å². The number of carboxylic acids is 1. The van der Waals surface area contributed by atoms with E-state index in [2.05, 4.69) is 24.4 Å². The van der Waals surface area contributed by atoms with Gasteiger partial charge >= 0.3 is 5.97 Å². The number of nitrogens with one attached hydrogen (secondary N) is 1. The normalized spacial score (nSPS) is 20.6.